The largest absolute Gasteiger partial charge is 0.353 e. The highest BCUT2D eigenvalue weighted by atomic mass is 19.1. The van der Waals surface area contributed by atoms with E-state index in [0.717, 1.165) is 61.1 Å². The van der Waals surface area contributed by atoms with E-state index in [1.807, 2.05) is 26.8 Å². The number of hydrogen-bond acceptors (Lipinski definition) is 4. The van der Waals surface area contributed by atoms with E-state index in [2.05, 4.69) is 36.8 Å². The van der Waals surface area contributed by atoms with E-state index in [1.165, 1.54) is 0 Å². The van der Waals surface area contributed by atoms with E-state index < -0.39 is 0 Å². The van der Waals surface area contributed by atoms with E-state index in [4.69, 9.17) is 9.98 Å². The summed E-state index contributed by atoms with van der Waals surface area (Å²) >= 11 is 0. The van der Waals surface area contributed by atoms with Crippen LogP contribution in [0.25, 0.3) is 0 Å². The highest BCUT2D eigenvalue weighted by Crippen LogP contribution is 2.41. The molecule has 1 aromatic rings. The molecule has 3 heterocycles. The smallest absolute Gasteiger partial charge is 0.151 e. The summed E-state index contributed by atoms with van der Waals surface area (Å²) in [6.07, 6.45) is 3.18. The van der Waals surface area contributed by atoms with E-state index in [-0.39, 0.29) is 11.7 Å². The third-order valence-corrected chi connectivity index (χ3v) is 5.98. The minimum Gasteiger partial charge on any atom is -0.353 e. The number of benzene rings is 1. The van der Waals surface area contributed by atoms with Gasteiger partial charge in [-0.3, -0.25) is 4.99 Å². The van der Waals surface area contributed by atoms with Crippen LogP contribution in [-0.4, -0.2) is 54.6 Å². The molecule has 4 nitrogen and oxygen atoms in total. The second-order valence-corrected chi connectivity index (χ2v) is 7.86. The molecule has 0 radical (unpaired) electrons. The van der Waals surface area contributed by atoms with Crippen molar-refractivity contribution in [1.29, 1.82) is 0 Å². The molecule has 0 aromatic heterocycles. The molecule has 28 heavy (non-hydrogen) atoms. The van der Waals surface area contributed by atoms with Gasteiger partial charge in [0.1, 0.15) is 5.82 Å². The number of allylic oxidation sites excluding steroid dienone is 2. The summed E-state index contributed by atoms with van der Waals surface area (Å²) in [5, 5.41) is 0. The first-order valence-electron chi connectivity index (χ1n) is 10.5. The van der Waals surface area contributed by atoms with Gasteiger partial charge in [-0.15, -0.1) is 0 Å². The lowest BCUT2D eigenvalue weighted by Crippen LogP contribution is -2.50. The van der Waals surface area contributed by atoms with Gasteiger partial charge in [0, 0.05) is 43.9 Å². The molecule has 0 spiro atoms. The van der Waals surface area contributed by atoms with E-state index in [9.17, 15) is 4.39 Å². The summed E-state index contributed by atoms with van der Waals surface area (Å²) in [7, 11) is 2.15. The Morgan fingerprint density at radius 2 is 1.71 bits per heavy atom. The van der Waals surface area contributed by atoms with Crippen molar-refractivity contribution in [3.63, 3.8) is 0 Å². The Morgan fingerprint density at radius 1 is 1.04 bits per heavy atom. The summed E-state index contributed by atoms with van der Waals surface area (Å²) in [4.78, 5) is 14.6. The van der Waals surface area contributed by atoms with Crippen LogP contribution in [0.5, 0.6) is 0 Å². The number of rotatable bonds is 0. The van der Waals surface area contributed by atoms with Crippen LogP contribution in [0, 0.1) is 18.7 Å². The lowest BCUT2D eigenvalue weighted by atomic mass is 9.80. The number of aliphatic imine (C=N–C) groups is 2. The summed E-state index contributed by atoms with van der Waals surface area (Å²) in [6, 6.07) is 3.59. The summed E-state index contributed by atoms with van der Waals surface area (Å²) in [5.41, 5.74) is 4.73. The van der Waals surface area contributed by atoms with E-state index >= 15 is 0 Å². The monoisotopic (exact) mass is 384 g/mol. The summed E-state index contributed by atoms with van der Waals surface area (Å²) in [5.74, 6) is 1.33. The number of amidine groups is 1. The van der Waals surface area contributed by atoms with Gasteiger partial charge in [0.2, 0.25) is 0 Å². The predicted octanol–water partition coefficient (Wildman–Crippen LogP) is 4.92. The minimum absolute atomic E-state index is 0.182. The fourth-order valence-corrected chi connectivity index (χ4v) is 4.18. The Bertz CT molecular complexity index is 816. The quantitative estimate of drug-likeness (QED) is 0.636. The predicted molar refractivity (Wildman–Crippen MR) is 116 cm³/mol. The first-order chi connectivity index (χ1) is 13.4. The molecular weight excluding hydrogens is 351 g/mol. The van der Waals surface area contributed by atoms with Crippen molar-refractivity contribution < 1.29 is 4.39 Å². The third-order valence-electron chi connectivity index (χ3n) is 5.98. The molecule has 1 aromatic carbocycles. The van der Waals surface area contributed by atoms with Gasteiger partial charge in [0.15, 0.2) is 5.84 Å². The topological polar surface area (TPSA) is 31.2 Å². The Balaban J connectivity index is 0.00000109. The molecule has 1 saturated heterocycles. The van der Waals surface area contributed by atoms with Crippen LogP contribution in [0.1, 0.15) is 51.2 Å². The maximum absolute atomic E-state index is 14.3. The number of aryl methyl sites for hydroxylation is 1. The van der Waals surface area contributed by atoms with E-state index in [0.29, 0.717) is 11.5 Å². The van der Waals surface area contributed by atoms with Crippen molar-refractivity contribution in [2.75, 3.05) is 33.2 Å². The summed E-state index contributed by atoms with van der Waals surface area (Å²) in [6.45, 7) is 14.0. The van der Waals surface area contributed by atoms with Crippen LogP contribution in [-0.2, 0) is 0 Å². The number of likely N-dealkylation sites (N-methyl/N-ethyl adjacent to an activating group) is 1. The number of hydrogen-bond donors (Lipinski definition) is 0. The molecule has 4 rings (SSSR count). The molecule has 2 unspecified atom stereocenters. The zero-order chi connectivity index (χ0) is 20.4. The van der Waals surface area contributed by atoms with Crippen LogP contribution in [0.2, 0.25) is 0 Å². The normalized spacial score (nSPS) is 24.7. The molecule has 0 aliphatic carbocycles. The van der Waals surface area contributed by atoms with Gasteiger partial charge in [-0.05, 0) is 44.4 Å². The lowest BCUT2D eigenvalue weighted by molar-refractivity contribution is 0.216. The second-order valence-electron chi connectivity index (χ2n) is 7.86. The number of halogens is 1. The van der Waals surface area contributed by atoms with Gasteiger partial charge >= 0.3 is 0 Å². The molecule has 5 heteroatoms. The van der Waals surface area contributed by atoms with Gasteiger partial charge < -0.3 is 9.80 Å². The number of nitrogens with zero attached hydrogens (tertiary/aromatic N) is 4. The number of fused-ring (bicyclic) bond motifs is 2. The van der Waals surface area contributed by atoms with Crippen molar-refractivity contribution >= 4 is 17.2 Å². The van der Waals surface area contributed by atoms with Crippen LogP contribution >= 0.6 is 0 Å². The van der Waals surface area contributed by atoms with Crippen molar-refractivity contribution in [1.82, 2.24) is 9.80 Å². The van der Waals surface area contributed by atoms with Gasteiger partial charge in [0.25, 0.3) is 0 Å². The van der Waals surface area contributed by atoms with Crippen LogP contribution in [0.3, 0.4) is 0 Å². The standard InChI is InChI=1S/C21H27FN4.C2H6/c1-13-11-17-15(3)16-6-5-14(2)23-20(16)21(24-19(17)12-18(13)22)26-9-7-25(4)8-10-26;1-2/h5,11-12,15-16H,6-10H2,1-4H3;1-2H3. The average Bonchev–Trinajstić information content (AvgIpc) is 2.80. The SMILES string of the molecule is CC.CC1=CCC2C(=N1)C(N1CCN(C)CC1)=Nc1cc(F)c(C)cc1C2C. The van der Waals surface area contributed by atoms with Crippen molar-refractivity contribution in [2.24, 2.45) is 15.9 Å². The fourth-order valence-electron chi connectivity index (χ4n) is 4.18. The Labute approximate surface area is 168 Å². The zero-order valence-corrected chi connectivity index (χ0v) is 18.1. The molecule has 152 valence electrons. The van der Waals surface area contributed by atoms with Crippen molar-refractivity contribution in [3.05, 3.63) is 40.8 Å². The highest BCUT2D eigenvalue weighted by molar-refractivity contribution is 6.43. The van der Waals surface area contributed by atoms with Gasteiger partial charge in [-0.1, -0.05) is 32.9 Å². The third kappa shape index (κ3) is 3.90. The van der Waals surface area contributed by atoms with Crippen LogP contribution in [0.4, 0.5) is 10.1 Å². The van der Waals surface area contributed by atoms with Crippen LogP contribution < -0.4 is 0 Å². The molecule has 0 amide bonds. The second kappa shape index (κ2) is 8.56. The van der Waals surface area contributed by atoms with Crippen molar-refractivity contribution in [2.45, 2.75) is 47.0 Å². The summed E-state index contributed by atoms with van der Waals surface area (Å²) < 4.78 is 14.3. The molecule has 0 saturated carbocycles. The fraction of sp³-hybridized carbons (Fsp3) is 0.565. The maximum Gasteiger partial charge on any atom is 0.151 e. The average molecular weight is 385 g/mol. The lowest BCUT2D eigenvalue weighted by Gasteiger charge is -2.36. The van der Waals surface area contributed by atoms with Gasteiger partial charge in [-0.25, -0.2) is 9.38 Å². The molecular formula is C23H33FN4. The molecule has 3 aliphatic heterocycles. The Morgan fingerprint density at radius 3 is 2.39 bits per heavy atom. The Hall–Kier alpha value is -2.01. The zero-order valence-electron chi connectivity index (χ0n) is 18.1. The van der Waals surface area contributed by atoms with Gasteiger partial charge in [-0.2, -0.15) is 0 Å². The molecule has 0 bridgehead atoms. The Kier molecular flexibility index (Phi) is 6.33. The maximum atomic E-state index is 14.3. The molecule has 0 N–H and O–H groups in total. The molecule has 2 atom stereocenters. The molecule has 1 fully saturated rings. The van der Waals surface area contributed by atoms with E-state index in [1.54, 1.807) is 6.07 Å². The molecule has 3 aliphatic rings. The minimum atomic E-state index is -0.182. The van der Waals surface area contributed by atoms with Crippen LogP contribution in [0.15, 0.2) is 33.9 Å². The highest BCUT2D eigenvalue weighted by Gasteiger charge is 2.36. The van der Waals surface area contributed by atoms with Crippen molar-refractivity contribution in [3.8, 4) is 0 Å². The number of piperazine rings is 1. The van der Waals surface area contributed by atoms with Gasteiger partial charge in [0.05, 0.1) is 11.4 Å². The first-order valence-corrected chi connectivity index (χ1v) is 10.5. The first kappa shape index (κ1) is 20.7.